The lowest BCUT2D eigenvalue weighted by atomic mass is 10.1. The van der Waals surface area contributed by atoms with Gasteiger partial charge in [-0.05, 0) is 24.5 Å². The molecule has 0 N–H and O–H groups in total. The first-order valence-electron chi connectivity index (χ1n) is 8.97. The average Bonchev–Trinajstić information content (AvgIpc) is 2.96. The van der Waals surface area contributed by atoms with Crippen LogP contribution in [-0.2, 0) is 0 Å². The second-order valence-corrected chi connectivity index (χ2v) is 4.70. The van der Waals surface area contributed by atoms with E-state index in [9.17, 15) is 0 Å². The van der Waals surface area contributed by atoms with Crippen molar-refractivity contribution in [3.8, 4) is 0 Å². The smallest absolute Gasteiger partial charge is 0.0157 e. The zero-order chi connectivity index (χ0) is 18.0. The van der Waals surface area contributed by atoms with Crippen molar-refractivity contribution in [1.29, 1.82) is 0 Å². The normalized spacial score (nSPS) is 10.8. The molecule has 0 aromatic heterocycles. The van der Waals surface area contributed by atoms with Gasteiger partial charge in [0.2, 0.25) is 0 Å². The number of hydrogen-bond donors (Lipinski definition) is 0. The van der Waals surface area contributed by atoms with Gasteiger partial charge in [-0.15, -0.1) is 0 Å². The molecule has 2 aromatic carbocycles. The van der Waals surface area contributed by atoms with Crippen LogP contribution in [0.15, 0.2) is 91.0 Å². The number of rotatable bonds is 1. The van der Waals surface area contributed by atoms with E-state index in [1.165, 1.54) is 16.7 Å². The minimum absolute atomic E-state index is 0. The molecule has 136 valence electrons. The van der Waals surface area contributed by atoms with Gasteiger partial charge >= 0.3 is 0 Å². The summed E-state index contributed by atoms with van der Waals surface area (Å²) in [6.45, 7) is 10.1. The van der Waals surface area contributed by atoms with Gasteiger partial charge in [-0.25, -0.2) is 0 Å². The molecule has 25 heavy (non-hydrogen) atoms. The second kappa shape index (κ2) is 18.0. The maximum absolute atomic E-state index is 2.25. The predicted molar refractivity (Wildman–Crippen MR) is 118 cm³/mol. The summed E-state index contributed by atoms with van der Waals surface area (Å²) >= 11 is 0. The Hall–Kier alpha value is -2.34. The fraction of sp³-hybridized carbons (Fsp3) is 0.280. The molecule has 1 aliphatic carbocycles. The van der Waals surface area contributed by atoms with Crippen LogP contribution in [0.4, 0.5) is 0 Å². The van der Waals surface area contributed by atoms with Crippen LogP contribution in [-0.4, -0.2) is 0 Å². The Labute approximate surface area is 156 Å². The molecule has 0 unspecified atom stereocenters. The molecule has 2 aromatic rings. The molecule has 0 aliphatic heterocycles. The molecule has 0 saturated carbocycles. The first-order valence-corrected chi connectivity index (χ1v) is 8.97. The quantitative estimate of drug-likeness (QED) is 0.491. The Morgan fingerprint density at radius 2 is 1.20 bits per heavy atom. The van der Waals surface area contributed by atoms with Gasteiger partial charge in [-0.2, -0.15) is 0 Å². The van der Waals surface area contributed by atoms with Crippen molar-refractivity contribution in [3.63, 3.8) is 0 Å². The second-order valence-electron chi connectivity index (χ2n) is 4.70. The number of aryl methyl sites for hydroxylation is 1. The lowest BCUT2D eigenvalue weighted by Gasteiger charge is -2.00. The molecule has 3 rings (SSSR count). The highest BCUT2D eigenvalue weighted by atomic mass is 14.0. The van der Waals surface area contributed by atoms with Gasteiger partial charge in [0.25, 0.3) is 0 Å². The van der Waals surface area contributed by atoms with Crippen molar-refractivity contribution < 1.29 is 0 Å². The lowest BCUT2D eigenvalue weighted by molar-refractivity contribution is 1.40. The molecule has 0 saturated heterocycles. The van der Waals surface area contributed by atoms with Gasteiger partial charge in [0.15, 0.2) is 0 Å². The van der Waals surface area contributed by atoms with Crippen molar-refractivity contribution in [1.82, 2.24) is 0 Å². The Morgan fingerprint density at radius 3 is 1.68 bits per heavy atom. The van der Waals surface area contributed by atoms with Crippen LogP contribution < -0.4 is 0 Å². The molecule has 0 amide bonds. The molecule has 0 heteroatoms. The zero-order valence-corrected chi connectivity index (χ0v) is 15.9. The topological polar surface area (TPSA) is 0 Å². The summed E-state index contributed by atoms with van der Waals surface area (Å²) in [5, 5.41) is 0. The summed E-state index contributed by atoms with van der Waals surface area (Å²) in [5.41, 5.74) is 3.93. The van der Waals surface area contributed by atoms with E-state index in [4.69, 9.17) is 0 Å². The molecule has 0 fully saturated rings. The Kier molecular flexibility index (Phi) is 17.9. The molecule has 0 heterocycles. The maximum Gasteiger partial charge on any atom is -0.0157 e. The Balaban J connectivity index is 0. The van der Waals surface area contributed by atoms with Crippen molar-refractivity contribution in [2.45, 2.75) is 48.5 Å². The molecule has 0 bridgehead atoms. The number of hydrogen-bond acceptors (Lipinski definition) is 0. The van der Waals surface area contributed by atoms with Crippen LogP contribution in [0.3, 0.4) is 0 Å². The Bertz CT molecular complexity index is 586. The summed E-state index contributed by atoms with van der Waals surface area (Å²) in [4.78, 5) is 0. The monoisotopic (exact) mass is 336 g/mol. The molecular formula is C25H36. The van der Waals surface area contributed by atoms with Crippen molar-refractivity contribution in [2.75, 3.05) is 0 Å². The first-order chi connectivity index (χ1) is 11.9. The highest BCUT2D eigenvalue weighted by Gasteiger charge is 1.95. The van der Waals surface area contributed by atoms with E-state index in [0.717, 1.165) is 6.42 Å². The minimum Gasteiger partial charge on any atom is -0.0807 e. The summed E-state index contributed by atoms with van der Waals surface area (Å²) in [5.74, 6) is 0. The third-order valence-corrected chi connectivity index (χ3v) is 3.04. The van der Waals surface area contributed by atoms with Gasteiger partial charge < -0.3 is 0 Å². The standard InChI is InChI=1S/C13H12.C7H8.2C2H6.CH4/c1-2-5-9-12(8-4-1)13-10-6-3-7-11-13;1-7-5-3-2-4-6-7;2*1-2;/h1-4,6-11H,5H2;2-6H,1H3;2*1-2H3;1H4. The molecule has 0 spiro atoms. The van der Waals surface area contributed by atoms with Crippen LogP contribution in [0.25, 0.3) is 5.57 Å². The molecule has 0 atom stereocenters. The van der Waals surface area contributed by atoms with Gasteiger partial charge in [-0.3, -0.25) is 0 Å². The van der Waals surface area contributed by atoms with E-state index in [2.05, 4.69) is 73.7 Å². The lowest BCUT2D eigenvalue weighted by Crippen LogP contribution is -1.78. The van der Waals surface area contributed by atoms with E-state index >= 15 is 0 Å². The largest absolute Gasteiger partial charge is 0.0807 e. The third kappa shape index (κ3) is 11.8. The van der Waals surface area contributed by atoms with Crippen LogP contribution in [0.5, 0.6) is 0 Å². The van der Waals surface area contributed by atoms with Crippen molar-refractivity contribution in [2.24, 2.45) is 0 Å². The van der Waals surface area contributed by atoms with E-state index in [1.807, 2.05) is 52.0 Å². The van der Waals surface area contributed by atoms with Gasteiger partial charge in [0.1, 0.15) is 0 Å². The minimum atomic E-state index is 0. The molecule has 1 aliphatic rings. The molecule has 0 nitrogen and oxygen atoms in total. The van der Waals surface area contributed by atoms with Crippen LogP contribution in [0.2, 0.25) is 0 Å². The zero-order valence-electron chi connectivity index (χ0n) is 15.9. The summed E-state index contributed by atoms with van der Waals surface area (Å²) < 4.78 is 0. The fourth-order valence-electron chi connectivity index (χ4n) is 1.96. The first kappa shape index (κ1) is 24.9. The number of allylic oxidation sites excluding steroid dienone is 6. The van der Waals surface area contributed by atoms with E-state index in [-0.39, 0.29) is 7.43 Å². The van der Waals surface area contributed by atoms with E-state index < -0.39 is 0 Å². The van der Waals surface area contributed by atoms with Gasteiger partial charge in [-0.1, -0.05) is 132 Å². The fourth-order valence-corrected chi connectivity index (χ4v) is 1.96. The van der Waals surface area contributed by atoms with Crippen LogP contribution in [0, 0.1) is 6.92 Å². The van der Waals surface area contributed by atoms with E-state index in [0.29, 0.717) is 0 Å². The Morgan fingerprint density at radius 1 is 0.680 bits per heavy atom. The highest BCUT2D eigenvalue weighted by molar-refractivity contribution is 5.74. The SMILES string of the molecule is C.C1=CCC=C(c2ccccc2)C=C1.CC.CC.Cc1ccccc1. The molecule has 0 radical (unpaired) electrons. The number of benzene rings is 2. The van der Waals surface area contributed by atoms with Crippen LogP contribution >= 0.6 is 0 Å². The molecular weight excluding hydrogens is 300 g/mol. The summed E-state index contributed by atoms with van der Waals surface area (Å²) in [6, 6.07) is 20.7. The highest BCUT2D eigenvalue weighted by Crippen LogP contribution is 2.17. The van der Waals surface area contributed by atoms with Crippen LogP contribution in [0.1, 0.15) is 52.7 Å². The van der Waals surface area contributed by atoms with Crippen molar-refractivity contribution >= 4 is 5.57 Å². The van der Waals surface area contributed by atoms with Gasteiger partial charge in [0, 0.05) is 0 Å². The maximum atomic E-state index is 2.25. The van der Waals surface area contributed by atoms with Gasteiger partial charge in [0.05, 0.1) is 0 Å². The van der Waals surface area contributed by atoms with Crippen molar-refractivity contribution in [3.05, 3.63) is 102 Å². The third-order valence-electron chi connectivity index (χ3n) is 3.04. The summed E-state index contributed by atoms with van der Waals surface area (Å²) in [7, 11) is 0. The van der Waals surface area contributed by atoms with E-state index in [1.54, 1.807) is 0 Å². The average molecular weight is 337 g/mol. The summed E-state index contributed by atoms with van der Waals surface area (Å²) in [6.07, 6.45) is 11.8. The predicted octanol–water partition coefficient (Wildman–Crippen LogP) is 8.27.